The first-order valence-corrected chi connectivity index (χ1v) is 5.42. The monoisotopic (exact) mass is 184 g/mol. The van der Waals surface area contributed by atoms with Crippen LogP contribution in [0.1, 0.15) is 31.3 Å². The molecule has 0 aliphatic heterocycles. The van der Waals surface area contributed by atoms with Gasteiger partial charge in [0.2, 0.25) is 0 Å². The molecule has 0 saturated carbocycles. The second-order valence-electron chi connectivity index (χ2n) is 2.98. The molecular weight excluding hydrogens is 168 g/mol. The topological polar surface area (TPSA) is 13.1 Å². The molecule has 0 fully saturated rings. The summed E-state index contributed by atoms with van der Waals surface area (Å²) >= 11 is 1.90. The van der Waals surface area contributed by atoms with Crippen molar-refractivity contribution in [3.63, 3.8) is 0 Å². The molecule has 0 atom stereocenters. The molecule has 0 N–H and O–H groups in total. The van der Waals surface area contributed by atoms with E-state index in [1.165, 1.54) is 23.5 Å². The molecule has 0 bridgehead atoms. The van der Waals surface area contributed by atoms with E-state index in [-0.39, 0.29) is 0 Å². The first kappa shape index (κ1) is 9.72. The molecule has 0 unspecified atom stereocenters. The fourth-order valence-electron chi connectivity index (χ4n) is 1.08. The zero-order valence-electron chi connectivity index (χ0n) is 8.02. The van der Waals surface area contributed by atoms with Gasteiger partial charge < -0.3 is 4.42 Å². The average Bonchev–Trinajstić information content (AvgIpc) is 2.31. The van der Waals surface area contributed by atoms with Crippen molar-refractivity contribution in [3.05, 3.63) is 17.6 Å². The Morgan fingerprint density at radius 1 is 1.42 bits per heavy atom. The van der Waals surface area contributed by atoms with E-state index >= 15 is 0 Å². The van der Waals surface area contributed by atoms with Crippen LogP contribution in [0.15, 0.2) is 15.4 Å². The Bertz CT molecular complexity index is 240. The van der Waals surface area contributed by atoms with E-state index < -0.39 is 0 Å². The van der Waals surface area contributed by atoms with Crippen molar-refractivity contribution in [2.75, 3.05) is 5.75 Å². The molecule has 1 heterocycles. The van der Waals surface area contributed by atoms with Crippen LogP contribution in [0.2, 0.25) is 0 Å². The van der Waals surface area contributed by atoms with Crippen molar-refractivity contribution >= 4 is 11.8 Å². The van der Waals surface area contributed by atoms with Gasteiger partial charge in [-0.25, -0.2) is 0 Å². The summed E-state index contributed by atoms with van der Waals surface area (Å²) in [6, 6.07) is 2.12. The predicted octanol–water partition coefficient (Wildman–Crippen LogP) is 3.79. The van der Waals surface area contributed by atoms with Crippen molar-refractivity contribution < 1.29 is 4.42 Å². The van der Waals surface area contributed by atoms with Crippen LogP contribution in [0.4, 0.5) is 0 Å². The third-order valence-corrected chi connectivity index (χ3v) is 2.96. The van der Waals surface area contributed by atoms with E-state index in [0.717, 1.165) is 11.5 Å². The van der Waals surface area contributed by atoms with Gasteiger partial charge in [0.1, 0.15) is 11.5 Å². The van der Waals surface area contributed by atoms with Crippen LogP contribution < -0.4 is 0 Å². The summed E-state index contributed by atoms with van der Waals surface area (Å²) in [6.07, 6.45) is 2.55. The fraction of sp³-hybridized carbons (Fsp3) is 0.600. The van der Waals surface area contributed by atoms with Crippen molar-refractivity contribution in [3.8, 4) is 0 Å². The highest BCUT2D eigenvalue weighted by Gasteiger charge is 2.03. The summed E-state index contributed by atoms with van der Waals surface area (Å²) in [5.41, 5.74) is 0. The van der Waals surface area contributed by atoms with E-state index in [1.54, 1.807) is 0 Å². The van der Waals surface area contributed by atoms with E-state index in [2.05, 4.69) is 13.0 Å². The maximum atomic E-state index is 5.42. The van der Waals surface area contributed by atoms with E-state index in [0.29, 0.717) is 0 Å². The first-order chi connectivity index (χ1) is 5.74. The quantitative estimate of drug-likeness (QED) is 0.521. The van der Waals surface area contributed by atoms with Gasteiger partial charge in [-0.15, -0.1) is 11.8 Å². The highest BCUT2D eigenvalue weighted by atomic mass is 32.2. The van der Waals surface area contributed by atoms with Gasteiger partial charge in [0, 0.05) is 4.90 Å². The van der Waals surface area contributed by atoms with Gasteiger partial charge >= 0.3 is 0 Å². The summed E-state index contributed by atoms with van der Waals surface area (Å²) in [5.74, 6) is 3.29. The summed E-state index contributed by atoms with van der Waals surface area (Å²) in [6.45, 7) is 6.24. The van der Waals surface area contributed by atoms with E-state index in [1.807, 2.05) is 25.6 Å². The molecule has 1 aromatic heterocycles. The first-order valence-electron chi connectivity index (χ1n) is 4.44. The smallest absolute Gasteiger partial charge is 0.114 e. The molecule has 0 aliphatic carbocycles. The molecule has 0 radical (unpaired) electrons. The van der Waals surface area contributed by atoms with Crippen LogP contribution in [0, 0.1) is 13.8 Å². The van der Waals surface area contributed by atoms with Gasteiger partial charge in [-0.3, -0.25) is 0 Å². The summed E-state index contributed by atoms with van der Waals surface area (Å²) in [7, 11) is 0. The Balaban J connectivity index is 2.45. The van der Waals surface area contributed by atoms with Crippen LogP contribution in [0.3, 0.4) is 0 Å². The minimum atomic E-state index is 1.02. The van der Waals surface area contributed by atoms with Gasteiger partial charge in [-0.2, -0.15) is 0 Å². The normalized spacial score (nSPS) is 10.6. The highest BCUT2D eigenvalue weighted by molar-refractivity contribution is 7.99. The molecule has 0 aliphatic rings. The molecule has 1 aromatic rings. The van der Waals surface area contributed by atoms with Crippen LogP contribution in [-0.2, 0) is 0 Å². The van der Waals surface area contributed by atoms with Crippen LogP contribution in [-0.4, -0.2) is 5.75 Å². The molecule has 2 heteroatoms. The van der Waals surface area contributed by atoms with Crippen LogP contribution in [0.25, 0.3) is 0 Å². The maximum Gasteiger partial charge on any atom is 0.114 e. The van der Waals surface area contributed by atoms with Crippen LogP contribution >= 0.6 is 11.8 Å². The average molecular weight is 184 g/mol. The van der Waals surface area contributed by atoms with Crippen molar-refractivity contribution in [2.45, 2.75) is 38.5 Å². The lowest BCUT2D eigenvalue weighted by Crippen LogP contribution is -1.77. The number of thioether (sulfide) groups is 1. The van der Waals surface area contributed by atoms with Crippen molar-refractivity contribution in [1.29, 1.82) is 0 Å². The molecule has 0 amide bonds. The largest absolute Gasteiger partial charge is 0.465 e. The fourth-order valence-corrected chi connectivity index (χ4v) is 2.22. The molecule has 0 saturated heterocycles. The van der Waals surface area contributed by atoms with Gasteiger partial charge in [-0.05, 0) is 32.1 Å². The molecule has 0 aromatic carbocycles. The standard InChI is InChI=1S/C10H16OS/c1-4-5-6-12-10-7-8(2)11-9(10)3/h7H,4-6H2,1-3H3. The maximum absolute atomic E-state index is 5.42. The van der Waals surface area contributed by atoms with Gasteiger partial charge in [0.05, 0.1) is 0 Å². The second kappa shape index (κ2) is 4.61. The highest BCUT2D eigenvalue weighted by Crippen LogP contribution is 2.26. The number of hydrogen-bond acceptors (Lipinski definition) is 2. The number of rotatable bonds is 4. The number of unbranched alkanes of at least 4 members (excludes halogenated alkanes) is 1. The SMILES string of the molecule is CCCCSc1cc(C)oc1C. The third-order valence-electron chi connectivity index (χ3n) is 1.75. The number of hydrogen-bond donors (Lipinski definition) is 0. The molecule has 68 valence electrons. The predicted molar refractivity (Wildman–Crippen MR) is 53.8 cm³/mol. The zero-order valence-corrected chi connectivity index (χ0v) is 8.83. The summed E-state index contributed by atoms with van der Waals surface area (Å²) in [5, 5.41) is 0. The second-order valence-corrected chi connectivity index (χ2v) is 4.12. The Kier molecular flexibility index (Phi) is 3.73. The Morgan fingerprint density at radius 3 is 2.67 bits per heavy atom. The molecule has 1 nitrogen and oxygen atoms in total. The summed E-state index contributed by atoms with van der Waals surface area (Å²) < 4.78 is 5.42. The van der Waals surface area contributed by atoms with Crippen molar-refractivity contribution in [1.82, 2.24) is 0 Å². The molecule has 1 rings (SSSR count). The van der Waals surface area contributed by atoms with E-state index in [4.69, 9.17) is 4.42 Å². The number of furan rings is 1. The lowest BCUT2D eigenvalue weighted by molar-refractivity contribution is 0.498. The van der Waals surface area contributed by atoms with Gasteiger partial charge in [-0.1, -0.05) is 13.3 Å². The Labute approximate surface area is 78.5 Å². The zero-order chi connectivity index (χ0) is 8.97. The molecule has 0 spiro atoms. The third kappa shape index (κ3) is 2.59. The molecule has 12 heavy (non-hydrogen) atoms. The number of aryl methyl sites for hydroxylation is 2. The van der Waals surface area contributed by atoms with Gasteiger partial charge in [0.15, 0.2) is 0 Å². The van der Waals surface area contributed by atoms with E-state index in [9.17, 15) is 0 Å². The lowest BCUT2D eigenvalue weighted by Gasteiger charge is -1.96. The minimum absolute atomic E-state index is 1.02. The van der Waals surface area contributed by atoms with Crippen molar-refractivity contribution in [2.24, 2.45) is 0 Å². The lowest BCUT2D eigenvalue weighted by atomic mass is 10.4. The minimum Gasteiger partial charge on any atom is -0.465 e. The van der Waals surface area contributed by atoms with Crippen LogP contribution in [0.5, 0.6) is 0 Å². The van der Waals surface area contributed by atoms with Gasteiger partial charge in [0.25, 0.3) is 0 Å². The molecular formula is C10H16OS. The Morgan fingerprint density at radius 2 is 2.17 bits per heavy atom. The Hall–Kier alpha value is -0.370. The summed E-state index contributed by atoms with van der Waals surface area (Å²) in [4.78, 5) is 1.31.